The highest BCUT2D eigenvalue weighted by atomic mass is 15.0. The van der Waals surface area contributed by atoms with Crippen LogP contribution < -0.4 is 0 Å². The van der Waals surface area contributed by atoms with Gasteiger partial charge in [-0.2, -0.15) is 5.26 Å². The van der Waals surface area contributed by atoms with E-state index in [0.717, 1.165) is 77.9 Å². The van der Waals surface area contributed by atoms with Crippen LogP contribution in [0.25, 0.3) is 118 Å². The molecule has 0 spiro atoms. The number of benzene rings is 11. The summed E-state index contributed by atoms with van der Waals surface area (Å²) in [4.78, 5) is 35.0. The van der Waals surface area contributed by atoms with Crippen molar-refractivity contribution in [1.29, 1.82) is 5.26 Å². The van der Waals surface area contributed by atoms with E-state index in [2.05, 4.69) is 144 Å². The van der Waals surface area contributed by atoms with Crippen molar-refractivity contribution in [3.05, 3.63) is 317 Å². The number of hydrogen-bond donors (Lipinski definition) is 0. The largest absolute Gasteiger partial charge is 0.238 e. The molecular formula is C76H46N8. The fourth-order valence-electron chi connectivity index (χ4n) is 12.4. The Kier molecular flexibility index (Phi) is 12.3. The van der Waals surface area contributed by atoms with E-state index in [1.807, 2.05) is 133 Å². The highest BCUT2D eigenvalue weighted by Gasteiger charge is 2.41. The van der Waals surface area contributed by atoms with Crippen molar-refractivity contribution in [2.75, 3.05) is 0 Å². The topological polar surface area (TPSA) is 105 Å². The highest BCUT2D eigenvalue weighted by Crippen LogP contribution is 2.57. The predicted molar refractivity (Wildman–Crippen MR) is 333 cm³/mol. The van der Waals surface area contributed by atoms with Crippen LogP contribution in [0.15, 0.2) is 267 Å². The lowest BCUT2D eigenvalue weighted by molar-refractivity contribution is 0.755. The molecule has 2 atom stereocenters. The molecule has 0 radical (unpaired) electrons. The SMILES string of the molecule is [C-]#[N+]c1ccc(-c2ccccc2-c2nc(-c3ccccc3)nc(-c3ccccc3-c3ccc4c(c3)C3c5ccccc5C4c4cc(-c5ccccc5-c5nc(-c6ccccc6)nc(-c6ccccc6-c6ccc(C#N)cc6)n5)ccc43)n2)cc1. The molecule has 2 unspecified atom stereocenters. The lowest BCUT2D eigenvalue weighted by Gasteiger charge is -2.42. The second kappa shape index (κ2) is 20.8. The number of aromatic nitrogens is 6. The second-order valence-electron chi connectivity index (χ2n) is 21.1. The minimum Gasteiger partial charge on any atom is -0.238 e. The first-order chi connectivity index (χ1) is 41.5. The Morgan fingerprint density at radius 1 is 0.274 bits per heavy atom. The average molecular weight is 1070 g/mol. The molecule has 2 heterocycles. The quantitative estimate of drug-likeness (QED) is 0.126. The summed E-state index contributed by atoms with van der Waals surface area (Å²) in [7, 11) is 0. The number of nitriles is 1. The molecule has 0 saturated heterocycles. The molecule has 0 amide bonds. The van der Waals surface area contributed by atoms with E-state index in [1.165, 1.54) is 33.4 Å². The summed E-state index contributed by atoms with van der Waals surface area (Å²) in [5, 5.41) is 9.57. The van der Waals surface area contributed by atoms with Crippen LogP contribution in [-0.2, 0) is 0 Å². The third-order valence-corrected chi connectivity index (χ3v) is 16.3. The minimum atomic E-state index is -0.00282. The van der Waals surface area contributed by atoms with Crippen molar-refractivity contribution in [3.63, 3.8) is 0 Å². The molecule has 8 heteroatoms. The van der Waals surface area contributed by atoms with Crippen molar-refractivity contribution >= 4 is 5.69 Å². The van der Waals surface area contributed by atoms with E-state index in [4.69, 9.17) is 36.5 Å². The molecule has 16 rings (SSSR count). The van der Waals surface area contributed by atoms with Gasteiger partial charge in [0.05, 0.1) is 18.2 Å². The number of hydrogen-bond acceptors (Lipinski definition) is 7. The van der Waals surface area contributed by atoms with E-state index in [-0.39, 0.29) is 11.8 Å². The summed E-state index contributed by atoms with van der Waals surface area (Å²) in [5.74, 6) is 3.43. The maximum absolute atomic E-state index is 9.57. The summed E-state index contributed by atoms with van der Waals surface area (Å²) in [5.41, 5.74) is 22.4. The zero-order chi connectivity index (χ0) is 56.1. The Labute approximate surface area is 486 Å². The summed E-state index contributed by atoms with van der Waals surface area (Å²) in [6.45, 7) is 7.54. The molecule has 8 nitrogen and oxygen atoms in total. The van der Waals surface area contributed by atoms with Gasteiger partial charge in [0.25, 0.3) is 0 Å². The van der Waals surface area contributed by atoms with Crippen molar-refractivity contribution in [3.8, 4) is 119 Å². The molecule has 0 N–H and O–H groups in total. The maximum atomic E-state index is 9.57. The molecule has 2 aromatic heterocycles. The summed E-state index contributed by atoms with van der Waals surface area (Å²) < 4.78 is 0. The van der Waals surface area contributed by atoms with Crippen molar-refractivity contribution < 1.29 is 0 Å². The molecule has 3 aliphatic carbocycles. The Morgan fingerprint density at radius 2 is 0.571 bits per heavy atom. The van der Waals surface area contributed by atoms with Gasteiger partial charge < -0.3 is 0 Å². The molecule has 2 bridgehead atoms. The van der Waals surface area contributed by atoms with Crippen LogP contribution >= 0.6 is 0 Å². The van der Waals surface area contributed by atoms with E-state index < -0.39 is 0 Å². The van der Waals surface area contributed by atoms with Gasteiger partial charge in [-0.25, -0.2) is 34.7 Å². The van der Waals surface area contributed by atoms with Crippen LogP contribution in [-0.4, -0.2) is 29.9 Å². The van der Waals surface area contributed by atoms with Crippen LogP contribution in [0.1, 0.15) is 50.8 Å². The van der Waals surface area contributed by atoms with Gasteiger partial charge in [-0.15, -0.1) is 0 Å². The van der Waals surface area contributed by atoms with E-state index in [1.54, 1.807) is 0 Å². The molecular weight excluding hydrogens is 1020 g/mol. The first-order valence-electron chi connectivity index (χ1n) is 27.9. The van der Waals surface area contributed by atoms with Gasteiger partial charge in [0.1, 0.15) is 0 Å². The second-order valence-corrected chi connectivity index (χ2v) is 21.1. The summed E-state index contributed by atoms with van der Waals surface area (Å²) in [6.07, 6.45) is 0. The monoisotopic (exact) mass is 1070 g/mol. The van der Waals surface area contributed by atoms with Crippen LogP contribution in [0, 0.1) is 17.9 Å². The molecule has 0 saturated carbocycles. The molecule has 0 aliphatic heterocycles. The molecule has 84 heavy (non-hydrogen) atoms. The fourth-order valence-corrected chi connectivity index (χ4v) is 12.4. The highest BCUT2D eigenvalue weighted by molar-refractivity contribution is 5.88. The Bertz CT molecular complexity index is 4510. The van der Waals surface area contributed by atoms with Crippen LogP contribution in [0.4, 0.5) is 5.69 Å². The minimum absolute atomic E-state index is 0.00267. The third kappa shape index (κ3) is 8.71. The maximum Gasteiger partial charge on any atom is 0.187 e. The van der Waals surface area contributed by atoms with Crippen LogP contribution in [0.3, 0.4) is 0 Å². The van der Waals surface area contributed by atoms with Gasteiger partial charge in [-0.1, -0.05) is 243 Å². The molecule has 13 aromatic rings. The van der Waals surface area contributed by atoms with Gasteiger partial charge in [0.15, 0.2) is 40.6 Å². The Balaban J connectivity index is 0.829. The Morgan fingerprint density at radius 3 is 0.940 bits per heavy atom. The van der Waals surface area contributed by atoms with Crippen molar-refractivity contribution in [2.24, 2.45) is 0 Å². The molecule has 11 aromatic carbocycles. The van der Waals surface area contributed by atoms with E-state index in [0.29, 0.717) is 46.2 Å². The van der Waals surface area contributed by atoms with Crippen LogP contribution in [0.5, 0.6) is 0 Å². The average Bonchev–Trinajstić information content (AvgIpc) is 0.804. The van der Waals surface area contributed by atoms with Crippen molar-refractivity contribution in [1.82, 2.24) is 29.9 Å². The summed E-state index contributed by atoms with van der Waals surface area (Å²) in [6, 6.07) is 93.9. The molecule has 3 aliphatic rings. The Hall–Kier alpha value is -11.6. The lowest BCUT2D eigenvalue weighted by atomic mass is 9.60. The zero-order valence-electron chi connectivity index (χ0n) is 45.1. The predicted octanol–water partition coefficient (Wildman–Crippen LogP) is 18.1. The molecule has 390 valence electrons. The standard InChI is InChI=1S/C76H46N8/c1-78-54-40-36-49(37-41-54)56-23-9-15-29-64(56)74-80-72(51-20-6-3-7-21-51)82-76(84-74)66-31-17-11-25-58(66)53-39-43-62-68(45-53)70-60-27-13-12-26-59(60)69(62)67-44-52(38-42-61(67)70)57-24-10-16-30-65(57)75-81-71(50-18-4-2-5-19-50)79-73(83-75)63-28-14-8-22-55(63)48-34-32-47(46-77)33-35-48/h2-45,69-70H. The van der Waals surface area contributed by atoms with Gasteiger partial charge >= 0.3 is 0 Å². The van der Waals surface area contributed by atoms with E-state index in [9.17, 15) is 5.26 Å². The lowest BCUT2D eigenvalue weighted by Crippen LogP contribution is -2.27. The van der Waals surface area contributed by atoms with Gasteiger partial charge in [0.2, 0.25) is 0 Å². The van der Waals surface area contributed by atoms with Gasteiger partial charge in [-0.3, -0.25) is 0 Å². The smallest absolute Gasteiger partial charge is 0.187 e. The number of rotatable bonds is 10. The zero-order valence-corrected chi connectivity index (χ0v) is 45.1. The molecule has 0 fully saturated rings. The third-order valence-electron chi connectivity index (χ3n) is 16.3. The first kappa shape index (κ1) is 49.5. The van der Waals surface area contributed by atoms with E-state index >= 15 is 0 Å². The van der Waals surface area contributed by atoms with Crippen molar-refractivity contribution in [2.45, 2.75) is 11.8 Å². The number of nitrogens with zero attached hydrogens (tertiary/aromatic N) is 8. The van der Waals surface area contributed by atoms with Gasteiger partial charge in [0, 0.05) is 45.2 Å². The fraction of sp³-hybridized carbons (Fsp3) is 0.0263. The van der Waals surface area contributed by atoms with Crippen LogP contribution in [0.2, 0.25) is 0 Å². The summed E-state index contributed by atoms with van der Waals surface area (Å²) >= 11 is 0. The first-order valence-corrected chi connectivity index (χ1v) is 27.9. The normalized spacial score (nSPS) is 13.5. The van der Waals surface area contributed by atoms with Gasteiger partial charge in [-0.05, 0) is 102 Å².